The monoisotopic (exact) mass is 314 g/mol. The smallest absolute Gasteiger partial charge is 0.310 e. The van der Waals surface area contributed by atoms with Gasteiger partial charge in [0.25, 0.3) is 0 Å². The lowest BCUT2D eigenvalue weighted by molar-refractivity contribution is -0.138. The van der Waals surface area contributed by atoms with Crippen molar-refractivity contribution in [3.63, 3.8) is 0 Å². The fraction of sp³-hybridized carbons (Fsp3) is 0.222. The Morgan fingerprint density at radius 1 is 1.09 bits per heavy atom. The van der Waals surface area contributed by atoms with Crippen LogP contribution in [0, 0.1) is 6.92 Å². The zero-order valence-electron chi connectivity index (χ0n) is 12.9. The van der Waals surface area contributed by atoms with Gasteiger partial charge in [-0.3, -0.25) is 9.59 Å². The molecule has 2 N–H and O–H groups in total. The number of carboxylic acids is 2. The van der Waals surface area contributed by atoms with Crippen LogP contribution < -0.4 is 4.74 Å². The minimum Gasteiger partial charge on any atom is -0.481 e. The van der Waals surface area contributed by atoms with E-state index in [4.69, 9.17) is 14.9 Å². The number of hydrogen-bond acceptors (Lipinski definition) is 3. The molecule has 0 saturated heterocycles. The third-order valence-corrected chi connectivity index (χ3v) is 3.54. The lowest BCUT2D eigenvalue weighted by atomic mass is 10.0. The molecule has 2 aromatic carbocycles. The molecule has 120 valence electrons. The Balaban J connectivity index is 2.22. The van der Waals surface area contributed by atoms with Crippen molar-refractivity contribution in [1.29, 1.82) is 0 Å². The maximum Gasteiger partial charge on any atom is 0.310 e. The Labute approximate surface area is 134 Å². The van der Waals surface area contributed by atoms with Crippen LogP contribution in [0.5, 0.6) is 11.5 Å². The molecule has 0 aliphatic rings. The maximum absolute atomic E-state index is 11.0. The highest BCUT2D eigenvalue weighted by atomic mass is 16.5. The second-order valence-electron chi connectivity index (χ2n) is 5.41. The maximum atomic E-state index is 11.0. The van der Waals surface area contributed by atoms with Crippen molar-refractivity contribution in [2.24, 2.45) is 0 Å². The predicted octanol–water partition coefficient (Wildman–Crippen LogP) is 3.60. The minimum atomic E-state index is -0.925. The van der Waals surface area contributed by atoms with Crippen LogP contribution in [-0.4, -0.2) is 22.2 Å². The first kappa shape index (κ1) is 16.5. The third kappa shape index (κ3) is 4.32. The van der Waals surface area contributed by atoms with Gasteiger partial charge in [-0.05, 0) is 37.6 Å². The fourth-order valence-corrected chi connectivity index (χ4v) is 2.20. The van der Waals surface area contributed by atoms with Crippen LogP contribution in [0.2, 0.25) is 0 Å². The first-order chi connectivity index (χ1) is 10.9. The summed E-state index contributed by atoms with van der Waals surface area (Å²) in [6.07, 6.45) is -0.120. The zero-order chi connectivity index (χ0) is 17.0. The van der Waals surface area contributed by atoms with Crippen molar-refractivity contribution in [3.8, 4) is 11.5 Å². The highest BCUT2D eigenvalue weighted by molar-refractivity contribution is 5.75. The Morgan fingerprint density at radius 3 is 2.30 bits per heavy atom. The molecule has 0 aliphatic heterocycles. The summed E-state index contributed by atoms with van der Waals surface area (Å²) in [6, 6.07) is 12.1. The van der Waals surface area contributed by atoms with Crippen LogP contribution in [0.25, 0.3) is 0 Å². The number of aryl methyl sites for hydroxylation is 1. The van der Waals surface area contributed by atoms with Crippen molar-refractivity contribution in [2.45, 2.75) is 26.2 Å². The number of ether oxygens (including phenoxy) is 1. The molecule has 0 unspecified atom stereocenters. The van der Waals surface area contributed by atoms with Gasteiger partial charge in [0.15, 0.2) is 0 Å². The quantitative estimate of drug-likeness (QED) is 0.851. The van der Waals surface area contributed by atoms with Crippen LogP contribution in [0.3, 0.4) is 0 Å². The van der Waals surface area contributed by atoms with Crippen LogP contribution in [0.4, 0.5) is 0 Å². The molecular weight excluding hydrogens is 296 g/mol. The predicted molar refractivity (Wildman–Crippen MR) is 85.1 cm³/mol. The van der Waals surface area contributed by atoms with E-state index in [0.29, 0.717) is 22.6 Å². The van der Waals surface area contributed by atoms with Gasteiger partial charge < -0.3 is 14.9 Å². The second kappa shape index (κ2) is 6.96. The molecule has 0 bridgehead atoms. The summed E-state index contributed by atoms with van der Waals surface area (Å²) >= 11 is 0. The van der Waals surface area contributed by atoms with Gasteiger partial charge in [-0.2, -0.15) is 0 Å². The van der Waals surface area contributed by atoms with Gasteiger partial charge in [-0.15, -0.1) is 0 Å². The lowest BCUT2D eigenvalue weighted by Gasteiger charge is -2.12. The molecule has 0 amide bonds. The number of benzene rings is 2. The number of rotatable bonds is 6. The Bertz CT molecular complexity index is 719. The summed E-state index contributed by atoms with van der Waals surface area (Å²) in [5, 5.41) is 18.0. The number of hydrogen-bond donors (Lipinski definition) is 2. The van der Waals surface area contributed by atoms with E-state index in [2.05, 4.69) is 0 Å². The van der Waals surface area contributed by atoms with Gasteiger partial charge in [-0.1, -0.05) is 29.8 Å². The molecule has 0 heterocycles. The van der Waals surface area contributed by atoms with Crippen molar-refractivity contribution < 1.29 is 24.5 Å². The first-order valence-electron chi connectivity index (χ1n) is 7.18. The van der Waals surface area contributed by atoms with E-state index in [1.54, 1.807) is 43.3 Å². The number of aliphatic carboxylic acids is 2. The fourth-order valence-electron chi connectivity index (χ4n) is 2.20. The molecule has 2 aromatic rings. The molecule has 0 spiro atoms. The molecular formula is C18H18O5. The SMILES string of the molecule is Cc1ccc(Oc2ccc([C@H](C)C(=O)O)cc2)c(CC(=O)O)c1. The molecule has 5 heteroatoms. The average Bonchev–Trinajstić information content (AvgIpc) is 2.49. The molecule has 0 aliphatic carbocycles. The summed E-state index contributed by atoms with van der Waals surface area (Å²) in [5.74, 6) is -1.39. The lowest BCUT2D eigenvalue weighted by Crippen LogP contribution is -2.07. The van der Waals surface area contributed by atoms with Gasteiger partial charge >= 0.3 is 11.9 Å². The van der Waals surface area contributed by atoms with Crippen molar-refractivity contribution >= 4 is 11.9 Å². The molecule has 2 rings (SSSR count). The van der Waals surface area contributed by atoms with Crippen molar-refractivity contribution in [1.82, 2.24) is 0 Å². The van der Waals surface area contributed by atoms with Gasteiger partial charge in [0, 0.05) is 5.56 Å². The molecule has 0 aromatic heterocycles. The Kier molecular flexibility index (Phi) is 5.01. The topological polar surface area (TPSA) is 83.8 Å². The van der Waals surface area contributed by atoms with Crippen LogP contribution in [0.15, 0.2) is 42.5 Å². The summed E-state index contributed by atoms with van der Waals surface area (Å²) in [7, 11) is 0. The van der Waals surface area contributed by atoms with E-state index >= 15 is 0 Å². The summed E-state index contributed by atoms with van der Waals surface area (Å²) < 4.78 is 5.75. The van der Waals surface area contributed by atoms with E-state index in [-0.39, 0.29) is 6.42 Å². The largest absolute Gasteiger partial charge is 0.481 e. The van der Waals surface area contributed by atoms with Gasteiger partial charge in [0.05, 0.1) is 12.3 Å². The average molecular weight is 314 g/mol. The van der Waals surface area contributed by atoms with E-state index in [1.165, 1.54) is 0 Å². The van der Waals surface area contributed by atoms with E-state index in [0.717, 1.165) is 5.56 Å². The normalized spacial score (nSPS) is 11.7. The minimum absolute atomic E-state index is 0.120. The Morgan fingerprint density at radius 2 is 1.74 bits per heavy atom. The standard InChI is InChI=1S/C18H18O5/c1-11-3-8-16(14(9-11)10-17(19)20)23-15-6-4-13(5-7-15)12(2)18(21)22/h3-9,12H,10H2,1-2H3,(H,19,20)(H,21,22)/t12-/m0/s1. The molecule has 0 radical (unpaired) electrons. The van der Waals surface area contributed by atoms with Gasteiger partial charge in [0.1, 0.15) is 11.5 Å². The highest BCUT2D eigenvalue weighted by Crippen LogP contribution is 2.28. The number of carboxylic acid groups (broad SMARTS) is 2. The van der Waals surface area contributed by atoms with E-state index in [1.807, 2.05) is 13.0 Å². The van der Waals surface area contributed by atoms with Gasteiger partial charge in [0.2, 0.25) is 0 Å². The van der Waals surface area contributed by atoms with Gasteiger partial charge in [-0.25, -0.2) is 0 Å². The first-order valence-corrected chi connectivity index (χ1v) is 7.18. The summed E-state index contributed by atoms with van der Waals surface area (Å²) in [5.41, 5.74) is 2.24. The van der Waals surface area contributed by atoms with Crippen molar-refractivity contribution in [3.05, 3.63) is 59.2 Å². The molecule has 5 nitrogen and oxygen atoms in total. The van der Waals surface area contributed by atoms with E-state index in [9.17, 15) is 9.59 Å². The van der Waals surface area contributed by atoms with Crippen LogP contribution in [0.1, 0.15) is 29.5 Å². The van der Waals surface area contributed by atoms with Crippen LogP contribution in [-0.2, 0) is 16.0 Å². The molecule has 1 atom stereocenters. The zero-order valence-corrected chi connectivity index (χ0v) is 12.9. The highest BCUT2D eigenvalue weighted by Gasteiger charge is 2.14. The van der Waals surface area contributed by atoms with Crippen LogP contribution >= 0.6 is 0 Å². The summed E-state index contributed by atoms with van der Waals surface area (Å²) in [6.45, 7) is 3.50. The summed E-state index contributed by atoms with van der Waals surface area (Å²) in [4.78, 5) is 21.9. The Hall–Kier alpha value is -2.82. The molecule has 0 saturated carbocycles. The van der Waals surface area contributed by atoms with Crippen molar-refractivity contribution in [2.75, 3.05) is 0 Å². The molecule has 0 fully saturated rings. The van der Waals surface area contributed by atoms with E-state index < -0.39 is 17.9 Å². The third-order valence-electron chi connectivity index (χ3n) is 3.54. The molecule has 23 heavy (non-hydrogen) atoms. The second-order valence-corrected chi connectivity index (χ2v) is 5.41. The number of carbonyl (C=O) groups is 2.